The minimum Gasteiger partial charge on any atom is -0.352 e. The van der Waals surface area contributed by atoms with Crippen LogP contribution in [0.3, 0.4) is 0 Å². The molecule has 0 aromatic heterocycles. The molecular weight excluding hydrogens is 407 g/mol. The summed E-state index contributed by atoms with van der Waals surface area (Å²) in [7, 11) is 0. The van der Waals surface area contributed by atoms with Crippen LogP contribution in [0.15, 0.2) is 65.4 Å². The standard InChI is InChI=1S/C23H22Cl2N2S/c24-19-12-6-4-8-15(19)14-16-9-2-1-3-11-18-21(16)26-23(28)27-22(18)17-10-5-7-13-20(17)25/h4-8,10,12-14,22H,1-3,9,11H2,(H2,26,27,28)/b16-14+. The summed E-state index contributed by atoms with van der Waals surface area (Å²) in [4.78, 5) is 0. The lowest BCUT2D eigenvalue weighted by molar-refractivity contribution is 0.586. The molecule has 2 nitrogen and oxygen atoms in total. The summed E-state index contributed by atoms with van der Waals surface area (Å²) in [6.07, 6.45) is 7.73. The molecule has 0 fully saturated rings. The molecule has 0 spiro atoms. The van der Waals surface area contributed by atoms with Crippen LogP contribution in [0.2, 0.25) is 10.0 Å². The molecule has 1 aliphatic carbocycles. The third-order valence-electron chi connectivity index (χ3n) is 5.35. The fraction of sp³-hybridized carbons (Fsp3) is 0.261. The molecule has 0 saturated carbocycles. The molecule has 1 heterocycles. The third-order valence-corrected chi connectivity index (χ3v) is 6.26. The number of hydrogen-bond acceptors (Lipinski definition) is 1. The number of allylic oxidation sites excluding steroid dienone is 1. The van der Waals surface area contributed by atoms with Gasteiger partial charge in [-0.15, -0.1) is 0 Å². The number of thiocarbonyl (C=S) groups is 1. The predicted octanol–water partition coefficient (Wildman–Crippen LogP) is 6.81. The summed E-state index contributed by atoms with van der Waals surface area (Å²) >= 11 is 18.5. The molecule has 1 unspecified atom stereocenters. The Morgan fingerprint density at radius 3 is 2.39 bits per heavy atom. The predicted molar refractivity (Wildman–Crippen MR) is 123 cm³/mol. The van der Waals surface area contributed by atoms with Crippen LogP contribution in [0.1, 0.15) is 49.3 Å². The van der Waals surface area contributed by atoms with Crippen LogP contribution in [0.5, 0.6) is 0 Å². The Bertz CT molecular complexity index is 965. The molecule has 4 rings (SSSR count). The van der Waals surface area contributed by atoms with Gasteiger partial charge in [-0.3, -0.25) is 0 Å². The Morgan fingerprint density at radius 2 is 1.61 bits per heavy atom. The maximum Gasteiger partial charge on any atom is 0.171 e. The molecule has 2 aromatic rings. The first-order valence-electron chi connectivity index (χ1n) is 9.64. The molecule has 144 valence electrons. The smallest absolute Gasteiger partial charge is 0.171 e. The maximum atomic E-state index is 6.54. The van der Waals surface area contributed by atoms with Crippen molar-refractivity contribution in [2.75, 3.05) is 0 Å². The van der Waals surface area contributed by atoms with E-state index in [0.29, 0.717) is 5.11 Å². The quantitative estimate of drug-likeness (QED) is 0.513. The van der Waals surface area contributed by atoms with Crippen LogP contribution in [-0.2, 0) is 0 Å². The number of nitrogens with one attached hydrogen (secondary N) is 2. The van der Waals surface area contributed by atoms with Crippen LogP contribution in [-0.4, -0.2) is 5.11 Å². The monoisotopic (exact) mass is 428 g/mol. The largest absolute Gasteiger partial charge is 0.352 e. The van der Waals surface area contributed by atoms with E-state index in [1.54, 1.807) is 0 Å². The lowest BCUT2D eigenvalue weighted by Gasteiger charge is -2.35. The van der Waals surface area contributed by atoms with Crippen molar-refractivity contribution in [3.05, 3.63) is 86.5 Å². The summed E-state index contributed by atoms with van der Waals surface area (Å²) < 4.78 is 0. The van der Waals surface area contributed by atoms with Crippen molar-refractivity contribution in [2.24, 2.45) is 0 Å². The summed E-state index contributed by atoms with van der Waals surface area (Å²) in [5, 5.41) is 9.04. The van der Waals surface area contributed by atoms with Gasteiger partial charge in [-0.25, -0.2) is 0 Å². The van der Waals surface area contributed by atoms with E-state index in [1.807, 2.05) is 36.4 Å². The molecule has 0 amide bonds. The zero-order valence-corrected chi connectivity index (χ0v) is 17.8. The SMILES string of the molecule is S=C1NC2=C(CCCCC/C2=C\c2ccccc2Cl)C(c2ccccc2Cl)N1. The van der Waals surface area contributed by atoms with Gasteiger partial charge in [0, 0.05) is 15.7 Å². The van der Waals surface area contributed by atoms with E-state index in [1.165, 1.54) is 17.6 Å². The highest BCUT2D eigenvalue weighted by Crippen LogP contribution is 2.39. The topological polar surface area (TPSA) is 24.1 Å². The van der Waals surface area contributed by atoms with Crippen molar-refractivity contribution in [2.45, 2.75) is 38.1 Å². The van der Waals surface area contributed by atoms with E-state index in [-0.39, 0.29) is 6.04 Å². The Balaban J connectivity index is 1.85. The van der Waals surface area contributed by atoms with Gasteiger partial charge in [-0.2, -0.15) is 0 Å². The fourth-order valence-corrected chi connectivity index (χ4v) is 4.63. The Kier molecular flexibility index (Phi) is 6.05. The number of rotatable bonds is 2. The van der Waals surface area contributed by atoms with Gasteiger partial charge in [0.1, 0.15) is 0 Å². The molecule has 1 atom stereocenters. The molecule has 2 aromatic carbocycles. The lowest BCUT2D eigenvalue weighted by Crippen LogP contribution is -2.44. The zero-order valence-electron chi connectivity index (χ0n) is 15.5. The van der Waals surface area contributed by atoms with Crippen LogP contribution >= 0.6 is 35.4 Å². The van der Waals surface area contributed by atoms with E-state index in [9.17, 15) is 0 Å². The number of hydrogen-bond donors (Lipinski definition) is 2. The van der Waals surface area contributed by atoms with Crippen molar-refractivity contribution in [1.29, 1.82) is 0 Å². The molecule has 2 aliphatic rings. The van der Waals surface area contributed by atoms with E-state index >= 15 is 0 Å². The third kappa shape index (κ3) is 4.12. The first kappa shape index (κ1) is 19.5. The highest BCUT2D eigenvalue weighted by atomic mass is 35.5. The first-order valence-corrected chi connectivity index (χ1v) is 10.8. The lowest BCUT2D eigenvalue weighted by atomic mass is 9.85. The molecule has 0 bridgehead atoms. The second-order valence-electron chi connectivity index (χ2n) is 7.20. The average Bonchev–Trinajstić information content (AvgIpc) is 2.67. The van der Waals surface area contributed by atoms with Gasteiger partial charge in [0.05, 0.1) is 6.04 Å². The van der Waals surface area contributed by atoms with Gasteiger partial charge in [0.25, 0.3) is 0 Å². The van der Waals surface area contributed by atoms with E-state index in [2.05, 4.69) is 28.8 Å². The van der Waals surface area contributed by atoms with Gasteiger partial charge in [0.2, 0.25) is 0 Å². The van der Waals surface area contributed by atoms with Gasteiger partial charge in [-0.05, 0) is 78.4 Å². The summed E-state index contributed by atoms with van der Waals surface area (Å²) in [5.74, 6) is 0. The Hall–Kier alpha value is -1.81. The van der Waals surface area contributed by atoms with Crippen LogP contribution in [0.25, 0.3) is 6.08 Å². The van der Waals surface area contributed by atoms with Crippen molar-refractivity contribution in [1.82, 2.24) is 10.6 Å². The van der Waals surface area contributed by atoms with Crippen molar-refractivity contribution < 1.29 is 0 Å². The average molecular weight is 429 g/mol. The Morgan fingerprint density at radius 1 is 0.893 bits per heavy atom. The Labute approximate surface area is 181 Å². The second kappa shape index (κ2) is 8.69. The molecule has 2 N–H and O–H groups in total. The maximum absolute atomic E-state index is 6.54. The highest BCUT2D eigenvalue weighted by Gasteiger charge is 2.29. The second-order valence-corrected chi connectivity index (χ2v) is 8.43. The summed E-state index contributed by atoms with van der Waals surface area (Å²) in [6, 6.07) is 16.0. The minimum atomic E-state index is -0.00908. The molecule has 28 heavy (non-hydrogen) atoms. The molecule has 0 saturated heterocycles. The van der Waals surface area contributed by atoms with Gasteiger partial charge >= 0.3 is 0 Å². The number of halogens is 2. The van der Waals surface area contributed by atoms with Gasteiger partial charge in [-0.1, -0.05) is 66.0 Å². The number of benzene rings is 2. The van der Waals surface area contributed by atoms with Crippen LogP contribution in [0.4, 0.5) is 0 Å². The molecular formula is C23H22Cl2N2S. The normalized spacial score (nSPS) is 21.4. The van der Waals surface area contributed by atoms with E-state index in [0.717, 1.165) is 52.6 Å². The van der Waals surface area contributed by atoms with Crippen LogP contribution < -0.4 is 10.6 Å². The van der Waals surface area contributed by atoms with Crippen molar-refractivity contribution in [3.8, 4) is 0 Å². The molecule has 5 heteroatoms. The van der Waals surface area contributed by atoms with Crippen molar-refractivity contribution in [3.63, 3.8) is 0 Å². The summed E-state index contributed by atoms with van der Waals surface area (Å²) in [6.45, 7) is 0. The van der Waals surface area contributed by atoms with Crippen molar-refractivity contribution >= 4 is 46.6 Å². The first-order chi connectivity index (χ1) is 13.6. The van der Waals surface area contributed by atoms with E-state index < -0.39 is 0 Å². The zero-order chi connectivity index (χ0) is 19.5. The van der Waals surface area contributed by atoms with Gasteiger partial charge in [0.15, 0.2) is 5.11 Å². The van der Waals surface area contributed by atoms with Gasteiger partial charge < -0.3 is 10.6 Å². The molecule has 0 radical (unpaired) electrons. The molecule has 1 aliphatic heterocycles. The minimum absolute atomic E-state index is 0.00908. The van der Waals surface area contributed by atoms with E-state index in [4.69, 9.17) is 35.4 Å². The van der Waals surface area contributed by atoms with Crippen LogP contribution in [0, 0.1) is 0 Å². The summed E-state index contributed by atoms with van der Waals surface area (Å²) in [5.41, 5.74) is 5.81. The highest BCUT2D eigenvalue weighted by molar-refractivity contribution is 7.80. The fourth-order valence-electron chi connectivity index (χ4n) is 3.98.